The number of aliphatic imine (C=N–C) groups is 1. The number of nitriles is 1. The smallest absolute Gasteiger partial charge is 0.144 e. The van der Waals surface area contributed by atoms with Crippen molar-refractivity contribution in [3.8, 4) is 17.6 Å². The Labute approximate surface area is 197 Å². The Kier molecular flexibility index (Phi) is 7.90. The van der Waals surface area contributed by atoms with Crippen LogP contribution < -0.4 is 20.5 Å². The predicted molar refractivity (Wildman–Crippen MR) is 135 cm³/mol. The Morgan fingerprint density at radius 3 is 2.79 bits per heavy atom. The van der Waals surface area contributed by atoms with Gasteiger partial charge >= 0.3 is 0 Å². The van der Waals surface area contributed by atoms with Crippen LogP contribution >= 0.6 is 11.6 Å². The Bertz CT molecular complexity index is 1280. The van der Waals surface area contributed by atoms with E-state index in [0.717, 1.165) is 5.70 Å². The highest BCUT2D eigenvalue weighted by Crippen LogP contribution is 2.36. The molecule has 0 aliphatic carbocycles. The highest BCUT2D eigenvalue weighted by atomic mass is 35.5. The minimum atomic E-state index is 0.248. The highest BCUT2D eigenvalue weighted by molar-refractivity contribution is 6.32. The molecule has 0 amide bonds. The summed E-state index contributed by atoms with van der Waals surface area (Å²) in [5.41, 5.74) is 9.61. The number of anilines is 3. The summed E-state index contributed by atoms with van der Waals surface area (Å²) >= 11 is 6.45. The second-order valence-electron chi connectivity index (χ2n) is 6.84. The number of fused-ring (bicyclic) bond motifs is 1. The van der Waals surface area contributed by atoms with Crippen LogP contribution in [-0.4, -0.2) is 24.4 Å². The molecule has 0 atom stereocenters. The first-order valence-electron chi connectivity index (χ1n) is 10.3. The molecule has 1 aromatic heterocycles. The summed E-state index contributed by atoms with van der Waals surface area (Å²) in [5.74, 6) is 1.06. The lowest BCUT2D eigenvalue weighted by atomic mass is 10.1. The molecule has 3 aromatic rings. The average Bonchev–Trinajstić information content (AvgIpc) is 2.80. The Hall–Kier alpha value is -4.02. The lowest BCUT2D eigenvalue weighted by Gasteiger charge is -2.15. The molecule has 0 saturated heterocycles. The normalized spacial score (nSPS) is 11.4. The summed E-state index contributed by atoms with van der Waals surface area (Å²) in [6, 6.07) is 11.0. The van der Waals surface area contributed by atoms with Crippen LogP contribution in [0.3, 0.4) is 0 Å². The largest absolute Gasteiger partial charge is 0.492 e. The number of aromatic nitrogens is 1. The molecule has 3 N–H and O–H groups in total. The van der Waals surface area contributed by atoms with E-state index in [-0.39, 0.29) is 6.61 Å². The third kappa shape index (κ3) is 5.62. The van der Waals surface area contributed by atoms with Crippen LogP contribution in [0.2, 0.25) is 5.02 Å². The van der Waals surface area contributed by atoms with E-state index in [2.05, 4.69) is 27.9 Å². The number of halogens is 1. The molecule has 0 aliphatic heterocycles. The van der Waals surface area contributed by atoms with Gasteiger partial charge in [0.15, 0.2) is 0 Å². The van der Waals surface area contributed by atoms with Crippen molar-refractivity contribution in [3.05, 3.63) is 71.5 Å². The van der Waals surface area contributed by atoms with Gasteiger partial charge < -0.3 is 20.5 Å². The van der Waals surface area contributed by atoms with Gasteiger partial charge in [0.2, 0.25) is 0 Å². The van der Waals surface area contributed by atoms with Gasteiger partial charge in [-0.25, -0.2) is 0 Å². The van der Waals surface area contributed by atoms with Crippen LogP contribution in [0, 0.1) is 11.3 Å². The minimum Gasteiger partial charge on any atom is -0.492 e. The van der Waals surface area contributed by atoms with Gasteiger partial charge in [-0.1, -0.05) is 24.3 Å². The van der Waals surface area contributed by atoms with Gasteiger partial charge in [-0.3, -0.25) is 9.98 Å². The van der Waals surface area contributed by atoms with Crippen molar-refractivity contribution in [2.24, 2.45) is 4.99 Å². The van der Waals surface area contributed by atoms with Gasteiger partial charge in [0.25, 0.3) is 0 Å². The zero-order valence-electron chi connectivity index (χ0n) is 18.4. The number of pyridine rings is 1. The number of allylic oxidation sites excluding steroid dienone is 2. The number of nitrogens with zero attached hydrogens (tertiary/aromatic N) is 3. The summed E-state index contributed by atoms with van der Waals surface area (Å²) in [4.78, 5) is 8.61. The molecular weight excluding hydrogens is 438 g/mol. The zero-order valence-corrected chi connectivity index (χ0v) is 19.2. The van der Waals surface area contributed by atoms with Crippen molar-refractivity contribution < 1.29 is 9.47 Å². The van der Waals surface area contributed by atoms with E-state index in [1.807, 2.05) is 19.9 Å². The summed E-state index contributed by atoms with van der Waals surface area (Å²) < 4.78 is 11.4. The van der Waals surface area contributed by atoms with Crippen LogP contribution in [0.5, 0.6) is 11.5 Å². The zero-order chi connectivity index (χ0) is 23.8. The van der Waals surface area contributed by atoms with Crippen LogP contribution in [0.1, 0.15) is 19.4 Å². The van der Waals surface area contributed by atoms with Crippen molar-refractivity contribution in [2.45, 2.75) is 13.8 Å². The Morgan fingerprint density at radius 1 is 1.30 bits per heavy atom. The number of benzene rings is 2. The van der Waals surface area contributed by atoms with E-state index in [1.54, 1.807) is 42.6 Å². The molecule has 1 heterocycles. The van der Waals surface area contributed by atoms with Crippen molar-refractivity contribution in [1.29, 1.82) is 5.26 Å². The first kappa shape index (κ1) is 23.6. The van der Waals surface area contributed by atoms with E-state index < -0.39 is 0 Å². The number of hydrogen-bond acceptors (Lipinski definition) is 7. The number of hydrogen-bond donors (Lipinski definition) is 2. The molecule has 7 nitrogen and oxygen atoms in total. The second kappa shape index (κ2) is 11.0. The standard InChI is InChI=1S/C25H24ClN5O2/c1-4-7-18(29-5-2)15-33-23-9-8-17(10-20(23)26)31-25-16(13-27)14-30-22-12-24(32-6-3)21(28)11-19(22)25/h4-5,7-12,14H,1,6,15,28H2,2-3H3,(H,30,31)/b18-7-,29-5?. The molecule has 0 radical (unpaired) electrons. The lowest BCUT2D eigenvalue weighted by Crippen LogP contribution is -2.02. The maximum absolute atomic E-state index is 9.62. The molecule has 0 aliphatic rings. The molecule has 0 unspecified atom stereocenters. The fraction of sp³-hybridized carbons (Fsp3) is 0.160. The van der Waals surface area contributed by atoms with Gasteiger partial charge in [-0.15, -0.1) is 0 Å². The first-order valence-corrected chi connectivity index (χ1v) is 10.6. The van der Waals surface area contributed by atoms with E-state index in [1.165, 1.54) is 6.20 Å². The topological polar surface area (TPSA) is 106 Å². The fourth-order valence-electron chi connectivity index (χ4n) is 3.16. The number of nitrogens with one attached hydrogen (secondary N) is 1. The van der Waals surface area contributed by atoms with E-state index >= 15 is 0 Å². The van der Waals surface area contributed by atoms with Gasteiger partial charge in [-0.05, 0) is 44.2 Å². The monoisotopic (exact) mass is 461 g/mol. The molecule has 0 fully saturated rings. The summed E-state index contributed by atoms with van der Waals surface area (Å²) in [6.07, 6.45) is 6.61. The third-order valence-electron chi connectivity index (χ3n) is 4.60. The number of nitrogen functional groups attached to an aromatic ring is 1. The minimum absolute atomic E-state index is 0.248. The number of nitrogens with two attached hydrogens (primary N) is 1. The van der Waals surface area contributed by atoms with Crippen molar-refractivity contribution in [2.75, 3.05) is 24.3 Å². The van der Waals surface area contributed by atoms with Crippen LogP contribution in [0.15, 0.2) is 65.9 Å². The lowest BCUT2D eigenvalue weighted by molar-refractivity contribution is 0.342. The van der Waals surface area contributed by atoms with Gasteiger partial charge in [0.1, 0.15) is 24.2 Å². The van der Waals surface area contributed by atoms with Crippen LogP contribution in [-0.2, 0) is 0 Å². The SMILES string of the molecule is C=C/C=C(/COc1ccc(Nc2c(C#N)cnc3cc(OCC)c(N)cc23)cc1Cl)N=CC. The molecule has 0 spiro atoms. The highest BCUT2D eigenvalue weighted by Gasteiger charge is 2.14. The molecule has 3 rings (SSSR count). The predicted octanol–water partition coefficient (Wildman–Crippen LogP) is 6.02. The number of ether oxygens (including phenoxy) is 2. The van der Waals surface area contributed by atoms with Gasteiger partial charge in [0, 0.05) is 29.6 Å². The summed E-state index contributed by atoms with van der Waals surface area (Å²) in [6.45, 7) is 8.12. The first-order chi connectivity index (χ1) is 16.0. The van der Waals surface area contributed by atoms with Gasteiger partial charge in [-0.2, -0.15) is 5.26 Å². The molecule has 33 heavy (non-hydrogen) atoms. The molecule has 168 valence electrons. The van der Waals surface area contributed by atoms with Crippen molar-refractivity contribution in [3.63, 3.8) is 0 Å². The van der Waals surface area contributed by atoms with E-state index in [0.29, 0.717) is 56.7 Å². The molecule has 2 aromatic carbocycles. The molecule has 0 saturated carbocycles. The van der Waals surface area contributed by atoms with Crippen LogP contribution in [0.4, 0.5) is 17.1 Å². The fourth-order valence-corrected chi connectivity index (χ4v) is 3.39. The van der Waals surface area contributed by atoms with E-state index in [4.69, 9.17) is 26.8 Å². The van der Waals surface area contributed by atoms with Crippen molar-refractivity contribution in [1.82, 2.24) is 4.98 Å². The van der Waals surface area contributed by atoms with Gasteiger partial charge in [0.05, 0.1) is 39.8 Å². The Morgan fingerprint density at radius 2 is 2.12 bits per heavy atom. The maximum Gasteiger partial charge on any atom is 0.144 e. The van der Waals surface area contributed by atoms with Crippen molar-refractivity contribution >= 4 is 45.8 Å². The molecule has 0 bridgehead atoms. The molecular formula is C25H24ClN5O2. The second-order valence-corrected chi connectivity index (χ2v) is 7.25. The summed E-state index contributed by atoms with van der Waals surface area (Å²) in [7, 11) is 0. The molecule has 8 heteroatoms. The van der Waals surface area contributed by atoms with E-state index in [9.17, 15) is 5.26 Å². The summed E-state index contributed by atoms with van der Waals surface area (Å²) in [5, 5.41) is 14.0. The average molecular weight is 462 g/mol. The third-order valence-corrected chi connectivity index (χ3v) is 4.90. The quantitative estimate of drug-likeness (QED) is 0.229. The number of rotatable bonds is 9. The maximum atomic E-state index is 9.62. The Balaban J connectivity index is 1.91. The van der Waals surface area contributed by atoms with Crippen LogP contribution in [0.25, 0.3) is 10.9 Å².